The zero-order chi connectivity index (χ0) is 14.7. The van der Waals surface area contributed by atoms with Crippen LogP contribution in [0.15, 0.2) is 66.9 Å². The fourth-order valence-corrected chi connectivity index (χ4v) is 2.02. The molecule has 1 amide bonds. The van der Waals surface area contributed by atoms with Gasteiger partial charge in [0.25, 0.3) is 5.82 Å². The van der Waals surface area contributed by atoms with E-state index < -0.39 is 0 Å². The van der Waals surface area contributed by atoms with Gasteiger partial charge in [-0.25, -0.2) is 5.32 Å². The van der Waals surface area contributed by atoms with Gasteiger partial charge in [0.2, 0.25) is 0 Å². The standard InChI is InChI=1S/C16H14N4O.ClH/c1-19-15(17-16(21)13-8-4-2-5-9-13)12-20(18-19)14-10-6-3-7-11-14;/h2-12H,1H3;1H. The topological polar surface area (TPSA) is 50.8 Å². The highest BCUT2D eigenvalue weighted by Crippen LogP contribution is 2.08. The molecule has 0 saturated heterocycles. The molecular weight excluding hydrogens is 300 g/mol. The summed E-state index contributed by atoms with van der Waals surface area (Å²) in [6.45, 7) is 0. The molecule has 1 aromatic heterocycles. The number of aryl methyl sites for hydroxylation is 1. The van der Waals surface area contributed by atoms with Gasteiger partial charge in [-0.15, -0.1) is 9.36 Å². The van der Waals surface area contributed by atoms with Crippen molar-refractivity contribution in [2.75, 3.05) is 5.32 Å². The van der Waals surface area contributed by atoms with Crippen LogP contribution in [0, 0.1) is 0 Å². The van der Waals surface area contributed by atoms with E-state index in [2.05, 4.69) is 10.5 Å². The number of aromatic nitrogens is 3. The van der Waals surface area contributed by atoms with E-state index in [0.29, 0.717) is 11.4 Å². The number of hydrogen-bond acceptors (Lipinski definition) is 2. The number of carbonyl (C=O) groups excluding carboxylic acids is 1. The predicted molar refractivity (Wildman–Crippen MR) is 79.1 cm³/mol. The van der Waals surface area contributed by atoms with Gasteiger partial charge in [0, 0.05) is 5.21 Å². The van der Waals surface area contributed by atoms with E-state index in [9.17, 15) is 4.79 Å². The zero-order valence-corrected chi connectivity index (χ0v) is 12.7. The number of hydrogen-bond donors (Lipinski definition) is 1. The molecule has 0 fully saturated rings. The molecule has 112 valence electrons. The first-order valence-corrected chi connectivity index (χ1v) is 6.62. The van der Waals surface area contributed by atoms with E-state index >= 15 is 0 Å². The minimum absolute atomic E-state index is 0. The Hall–Kier alpha value is -2.66. The SMILES string of the molecule is C[n+]1nn(-c2ccccc2)cc1NC(=O)c1ccccc1.[Cl-]. The molecular formula is C16H15ClN4O. The summed E-state index contributed by atoms with van der Waals surface area (Å²) in [5, 5.41) is 7.20. The van der Waals surface area contributed by atoms with Gasteiger partial charge in [-0.1, -0.05) is 36.4 Å². The molecule has 0 saturated carbocycles. The predicted octanol–water partition coefficient (Wildman–Crippen LogP) is -1.05. The van der Waals surface area contributed by atoms with Crippen molar-refractivity contribution in [3.8, 4) is 5.69 Å². The quantitative estimate of drug-likeness (QED) is 0.628. The average molecular weight is 315 g/mol. The fourth-order valence-electron chi connectivity index (χ4n) is 2.02. The van der Waals surface area contributed by atoms with Gasteiger partial charge in [0.15, 0.2) is 6.20 Å². The van der Waals surface area contributed by atoms with E-state index in [4.69, 9.17) is 0 Å². The van der Waals surface area contributed by atoms with Crippen LogP contribution in [0.5, 0.6) is 0 Å². The largest absolute Gasteiger partial charge is 1.00 e. The normalized spacial score (nSPS) is 9.86. The lowest BCUT2D eigenvalue weighted by Crippen LogP contribution is -3.00. The maximum atomic E-state index is 12.2. The molecule has 22 heavy (non-hydrogen) atoms. The molecule has 0 radical (unpaired) electrons. The van der Waals surface area contributed by atoms with Gasteiger partial charge in [0.1, 0.15) is 5.69 Å². The van der Waals surface area contributed by atoms with Crippen LogP contribution in [0.1, 0.15) is 10.4 Å². The van der Waals surface area contributed by atoms with Gasteiger partial charge < -0.3 is 12.4 Å². The van der Waals surface area contributed by atoms with E-state index in [-0.39, 0.29) is 18.3 Å². The summed E-state index contributed by atoms with van der Waals surface area (Å²) in [6, 6.07) is 18.8. The van der Waals surface area contributed by atoms with Crippen molar-refractivity contribution < 1.29 is 21.9 Å². The molecule has 1 N–H and O–H groups in total. The molecule has 3 rings (SSSR count). The number of amides is 1. The zero-order valence-electron chi connectivity index (χ0n) is 12.0. The van der Waals surface area contributed by atoms with Crippen LogP contribution >= 0.6 is 0 Å². The Morgan fingerprint density at radius 2 is 1.64 bits per heavy atom. The second kappa shape index (κ2) is 6.87. The first kappa shape index (κ1) is 15.7. The van der Waals surface area contributed by atoms with Crippen molar-refractivity contribution in [3.05, 3.63) is 72.4 Å². The highest BCUT2D eigenvalue weighted by Gasteiger charge is 2.17. The van der Waals surface area contributed by atoms with Crippen LogP contribution in [0.3, 0.4) is 0 Å². The first-order valence-electron chi connectivity index (χ1n) is 6.62. The smallest absolute Gasteiger partial charge is 0.311 e. The molecule has 0 atom stereocenters. The van der Waals surface area contributed by atoms with E-state index in [1.54, 1.807) is 34.7 Å². The van der Waals surface area contributed by atoms with Crippen molar-refractivity contribution in [1.82, 2.24) is 9.90 Å². The van der Waals surface area contributed by atoms with Crippen LogP contribution in [-0.2, 0) is 7.05 Å². The number of benzene rings is 2. The van der Waals surface area contributed by atoms with Gasteiger partial charge >= 0.3 is 5.91 Å². The number of nitrogens with zero attached hydrogens (tertiary/aromatic N) is 3. The Balaban J connectivity index is 0.00000176. The minimum Gasteiger partial charge on any atom is -1.00 e. The Kier molecular flexibility index (Phi) is 4.91. The molecule has 0 aliphatic carbocycles. The van der Waals surface area contributed by atoms with Gasteiger partial charge in [-0.05, 0) is 24.3 Å². The summed E-state index contributed by atoms with van der Waals surface area (Å²) >= 11 is 0. The van der Waals surface area contributed by atoms with Gasteiger partial charge in [0.05, 0.1) is 12.6 Å². The van der Waals surface area contributed by atoms with Gasteiger partial charge in [-0.3, -0.25) is 4.79 Å². The second-order valence-electron chi connectivity index (χ2n) is 4.63. The Morgan fingerprint density at radius 1 is 1.05 bits per heavy atom. The number of nitrogens with one attached hydrogen (secondary N) is 1. The lowest BCUT2D eigenvalue weighted by molar-refractivity contribution is -0.718. The third kappa shape index (κ3) is 3.32. The van der Waals surface area contributed by atoms with Crippen LogP contribution in [0.25, 0.3) is 5.69 Å². The number of anilines is 1. The Morgan fingerprint density at radius 3 is 2.27 bits per heavy atom. The molecule has 0 aliphatic heterocycles. The average Bonchev–Trinajstić information content (AvgIpc) is 2.90. The molecule has 0 bridgehead atoms. The maximum absolute atomic E-state index is 12.2. The number of para-hydroxylation sites is 1. The number of rotatable bonds is 3. The van der Waals surface area contributed by atoms with E-state index in [1.165, 1.54) is 0 Å². The summed E-state index contributed by atoms with van der Waals surface area (Å²) in [6.07, 6.45) is 1.79. The molecule has 0 aliphatic rings. The third-order valence-electron chi connectivity index (χ3n) is 3.12. The number of halogens is 1. The lowest BCUT2D eigenvalue weighted by Gasteiger charge is -1.97. The molecule has 3 aromatic rings. The summed E-state index contributed by atoms with van der Waals surface area (Å²) < 4.78 is 3.36. The van der Waals surface area contributed by atoms with Crippen molar-refractivity contribution in [2.45, 2.75) is 0 Å². The molecule has 6 heteroatoms. The fraction of sp³-hybridized carbons (Fsp3) is 0.0625. The maximum Gasteiger partial charge on any atom is 0.311 e. The van der Waals surface area contributed by atoms with Crippen molar-refractivity contribution in [1.29, 1.82) is 0 Å². The van der Waals surface area contributed by atoms with Crippen molar-refractivity contribution in [3.63, 3.8) is 0 Å². The summed E-state index contributed by atoms with van der Waals surface area (Å²) in [4.78, 5) is 12.2. The lowest BCUT2D eigenvalue weighted by atomic mass is 10.2. The van der Waals surface area contributed by atoms with Crippen LogP contribution in [0.2, 0.25) is 0 Å². The van der Waals surface area contributed by atoms with Crippen molar-refractivity contribution in [2.24, 2.45) is 7.05 Å². The van der Waals surface area contributed by atoms with Crippen molar-refractivity contribution >= 4 is 11.7 Å². The van der Waals surface area contributed by atoms with E-state index in [1.807, 2.05) is 48.5 Å². The minimum atomic E-state index is -0.154. The summed E-state index contributed by atoms with van der Waals surface area (Å²) in [5.41, 5.74) is 1.55. The van der Waals surface area contributed by atoms with Crippen LogP contribution in [-0.4, -0.2) is 15.8 Å². The van der Waals surface area contributed by atoms with Crippen LogP contribution < -0.4 is 22.4 Å². The molecule has 1 heterocycles. The summed E-state index contributed by atoms with van der Waals surface area (Å²) in [5.74, 6) is 0.478. The molecule has 5 nitrogen and oxygen atoms in total. The van der Waals surface area contributed by atoms with Gasteiger partial charge in [-0.2, -0.15) is 0 Å². The first-order chi connectivity index (χ1) is 10.2. The molecule has 0 unspecified atom stereocenters. The Bertz CT molecular complexity index is 756. The highest BCUT2D eigenvalue weighted by atomic mass is 35.5. The highest BCUT2D eigenvalue weighted by molar-refractivity contribution is 6.03. The molecule has 2 aromatic carbocycles. The van der Waals surface area contributed by atoms with Crippen LogP contribution in [0.4, 0.5) is 5.82 Å². The van der Waals surface area contributed by atoms with E-state index in [0.717, 1.165) is 5.69 Å². The molecule has 0 spiro atoms. The third-order valence-corrected chi connectivity index (χ3v) is 3.12. The monoisotopic (exact) mass is 314 g/mol. The summed E-state index contributed by atoms with van der Waals surface area (Å²) in [7, 11) is 1.79. The Labute approximate surface area is 134 Å². The second-order valence-corrected chi connectivity index (χ2v) is 4.63. The number of carbonyl (C=O) groups is 1.